The smallest absolute Gasteiger partial charge is 0.233 e. The van der Waals surface area contributed by atoms with Gasteiger partial charge in [-0.05, 0) is 18.2 Å². The van der Waals surface area contributed by atoms with Crippen LogP contribution in [0.4, 0.5) is 0 Å². The third kappa shape index (κ3) is 3.61. The second-order valence-electron chi connectivity index (χ2n) is 3.45. The Morgan fingerprint density at radius 3 is 2.88 bits per heavy atom. The molecule has 6 heteroatoms. The Labute approximate surface area is 99.0 Å². The molecule has 1 aromatic carbocycles. The highest BCUT2D eigenvalue weighted by Crippen LogP contribution is 2.28. The predicted octanol–water partition coefficient (Wildman–Crippen LogP) is -0.491. The molecular formula is C11H16N2O4. The number of carbonyl (C=O) groups is 1. The monoisotopic (exact) mass is 240 g/mol. The number of nitrogens with two attached hydrogens (primary N) is 1. The topological polar surface area (TPSA) is 105 Å². The molecule has 0 radical (unpaired) electrons. The molecule has 0 heterocycles. The van der Waals surface area contributed by atoms with Crippen molar-refractivity contribution < 1.29 is 19.7 Å². The Morgan fingerprint density at radius 1 is 1.59 bits per heavy atom. The summed E-state index contributed by atoms with van der Waals surface area (Å²) in [4.78, 5) is 10.9. The minimum Gasteiger partial charge on any atom is -0.508 e. The third-order valence-corrected chi connectivity index (χ3v) is 2.25. The van der Waals surface area contributed by atoms with E-state index in [-0.39, 0.29) is 24.7 Å². The van der Waals surface area contributed by atoms with E-state index in [1.807, 2.05) is 0 Å². The summed E-state index contributed by atoms with van der Waals surface area (Å²) < 4.78 is 5.05. The number of aliphatic hydroxyl groups excluding tert-OH is 1. The van der Waals surface area contributed by atoms with Crippen molar-refractivity contribution >= 4 is 5.91 Å². The summed E-state index contributed by atoms with van der Waals surface area (Å²) in [5.41, 5.74) is 5.53. The molecule has 0 aliphatic rings. The van der Waals surface area contributed by atoms with Gasteiger partial charge in [-0.1, -0.05) is 0 Å². The standard InChI is InChI=1S/C11H16N2O4/c1-17-10-3-2-7(14)4-8(10)9(15)6-13-11(16)5-12/h2-4,9,14-15H,5-6,12H2,1H3,(H,13,16). The van der Waals surface area contributed by atoms with Crippen molar-refractivity contribution in [1.82, 2.24) is 5.32 Å². The van der Waals surface area contributed by atoms with Gasteiger partial charge in [0.25, 0.3) is 0 Å². The van der Waals surface area contributed by atoms with Crippen LogP contribution in [0, 0.1) is 0 Å². The van der Waals surface area contributed by atoms with Gasteiger partial charge in [-0.15, -0.1) is 0 Å². The molecule has 1 unspecified atom stereocenters. The quantitative estimate of drug-likeness (QED) is 0.556. The van der Waals surface area contributed by atoms with Crippen molar-refractivity contribution in [2.45, 2.75) is 6.10 Å². The largest absolute Gasteiger partial charge is 0.508 e. The minimum absolute atomic E-state index is 0.00977. The van der Waals surface area contributed by atoms with Gasteiger partial charge in [0.2, 0.25) is 5.91 Å². The van der Waals surface area contributed by atoms with E-state index < -0.39 is 6.10 Å². The lowest BCUT2D eigenvalue weighted by molar-refractivity contribution is -0.120. The number of phenols is 1. The number of rotatable bonds is 5. The molecule has 0 saturated heterocycles. The van der Waals surface area contributed by atoms with Crippen LogP contribution in [0.25, 0.3) is 0 Å². The molecular weight excluding hydrogens is 224 g/mol. The van der Waals surface area contributed by atoms with Crippen LogP contribution in [0.5, 0.6) is 11.5 Å². The van der Waals surface area contributed by atoms with Crippen molar-refractivity contribution in [1.29, 1.82) is 0 Å². The van der Waals surface area contributed by atoms with Gasteiger partial charge in [0.1, 0.15) is 11.5 Å². The van der Waals surface area contributed by atoms with Gasteiger partial charge in [-0.2, -0.15) is 0 Å². The molecule has 0 aliphatic heterocycles. The number of aliphatic hydroxyl groups is 1. The number of methoxy groups -OCH3 is 1. The molecule has 0 aromatic heterocycles. The maximum Gasteiger partial charge on any atom is 0.233 e. The van der Waals surface area contributed by atoms with Crippen molar-refractivity contribution in [3.63, 3.8) is 0 Å². The van der Waals surface area contributed by atoms with E-state index in [1.165, 1.54) is 19.2 Å². The minimum atomic E-state index is -0.965. The summed E-state index contributed by atoms with van der Waals surface area (Å²) in [6, 6.07) is 4.38. The molecule has 1 atom stereocenters. The Morgan fingerprint density at radius 2 is 2.29 bits per heavy atom. The zero-order chi connectivity index (χ0) is 12.8. The molecule has 1 amide bonds. The van der Waals surface area contributed by atoms with Crippen LogP contribution in [-0.4, -0.2) is 36.3 Å². The first-order valence-electron chi connectivity index (χ1n) is 5.10. The van der Waals surface area contributed by atoms with Crippen LogP contribution < -0.4 is 15.8 Å². The maximum atomic E-state index is 10.9. The summed E-state index contributed by atoms with van der Waals surface area (Å²) in [6.45, 7) is -0.125. The summed E-state index contributed by atoms with van der Waals surface area (Å²) in [7, 11) is 1.46. The van der Waals surface area contributed by atoms with E-state index in [2.05, 4.69) is 5.32 Å². The number of benzene rings is 1. The fourth-order valence-electron chi connectivity index (χ4n) is 1.37. The fourth-order valence-corrected chi connectivity index (χ4v) is 1.37. The number of carbonyl (C=O) groups excluding carboxylic acids is 1. The second-order valence-corrected chi connectivity index (χ2v) is 3.45. The van der Waals surface area contributed by atoms with Crippen LogP contribution >= 0.6 is 0 Å². The van der Waals surface area contributed by atoms with E-state index in [0.29, 0.717) is 11.3 Å². The van der Waals surface area contributed by atoms with Crippen molar-refractivity contribution in [2.75, 3.05) is 20.2 Å². The van der Waals surface area contributed by atoms with Gasteiger partial charge in [0.15, 0.2) is 0 Å². The van der Waals surface area contributed by atoms with Gasteiger partial charge in [-0.3, -0.25) is 4.79 Å². The second kappa shape index (κ2) is 6.07. The van der Waals surface area contributed by atoms with E-state index in [0.717, 1.165) is 0 Å². The summed E-state index contributed by atoms with van der Waals surface area (Å²) >= 11 is 0. The van der Waals surface area contributed by atoms with Gasteiger partial charge in [0.05, 0.1) is 19.8 Å². The summed E-state index contributed by atoms with van der Waals surface area (Å²) in [5, 5.41) is 21.6. The molecule has 0 fully saturated rings. The highest BCUT2D eigenvalue weighted by Gasteiger charge is 2.14. The van der Waals surface area contributed by atoms with Crippen molar-refractivity contribution in [2.24, 2.45) is 5.73 Å². The van der Waals surface area contributed by atoms with Gasteiger partial charge < -0.3 is 26.0 Å². The maximum absolute atomic E-state index is 10.9. The Bertz CT molecular complexity index is 395. The molecule has 0 saturated carbocycles. The average molecular weight is 240 g/mol. The number of aromatic hydroxyl groups is 1. The van der Waals surface area contributed by atoms with Crippen molar-refractivity contribution in [3.05, 3.63) is 23.8 Å². The molecule has 0 bridgehead atoms. The third-order valence-electron chi connectivity index (χ3n) is 2.25. The van der Waals surface area contributed by atoms with E-state index in [4.69, 9.17) is 10.5 Å². The van der Waals surface area contributed by atoms with Crippen LogP contribution in [0.1, 0.15) is 11.7 Å². The number of nitrogens with one attached hydrogen (secondary N) is 1. The first kappa shape index (κ1) is 13.3. The lowest BCUT2D eigenvalue weighted by atomic mass is 10.1. The highest BCUT2D eigenvalue weighted by molar-refractivity contribution is 5.77. The van der Waals surface area contributed by atoms with Gasteiger partial charge >= 0.3 is 0 Å². The molecule has 5 N–H and O–H groups in total. The van der Waals surface area contributed by atoms with Crippen molar-refractivity contribution in [3.8, 4) is 11.5 Å². The van der Waals surface area contributed by atoms with E-state index in [9.17, 15) is 15.0 Å². The first-order valence-corrected chi connectivity index (χ1v) is 5.10. The van der Waals surface area contributed by atoms with Gasteiger partial charge in [0, 0.05) is 12.1 Å². The summed E-state index contributed by atoms with van der Waals surface area (Å²) in [5.74, 6) is 0.102. The molecule has 17 heavy (non-hydrogen) atoms. The fraction of sp³-hybridized carbons (Fsp3) is 0.364. The van der Waals surface area contributed by atoms with E-state index >= 15 is 0 Å². The molecule has 1 rings (SSSR count). The number of ether oxygens (including phenoxy) is 1. The molecule has 6 nitrogen and oxygen atoms in total. The highest BCUT2D eigenvalue weighted by atomic mass is 16.5. The summed E-state index contributed by atoms with van der Waals surface area (Å²) in [6.07, 6.45) is -0.965. The van der Waals surface area contributed by atoms with Gasteiger partial charge in [-0.25, -0.2) is 0 Å². The molecule has 0 aliphatic carbocycles. The molecule has 94 valence electrons. The van der Waals surface area contributed by atoms with E-state index in [1.54, 1.807) is 6.07 Å². The number of hydrogen-bond donors (Lipinski definition) is 4. The van der Waals surface area contributed by atoms with Crippen LogP contribution in [-0.2, 0) is 4.79 Å². The molecule has 1 aromatic rings. The number of amides is 1. The Kier molecular flexibility index (Phi) is 4.74. The van der Waals surface area contributed by atoms with Crippen LogP contribution in [0.3, 0.4) is 0 Å². The predicted molar refractivity (Wildman–Crippen MR) is 61.7 cm³/mol. The lowest BCUT2D eigenvalue weighted by Gasteiger charge is -2.15. The normalized spacial score (nSPS) is 11.9. The SMILES string of the molecule is COc1ccc(O)cc1C(O)CNC(=O)CN. The first-order chi connectivity index (χ1) is 8.08. The Balaban J connectivity index is 2.76. The molecule has 0 spiro atoms. The average Bonchev–Trinajstić information content (AvgIpc) is 2.35. The van der Waals surface area contributed by atoms with Crippen LogP contribution in [0.15, 0.2) is 18.2 Å². The Hall–Kier alpha value is -1.79. The number of phenolic OH excluding ortho intramolecular Hbond substituents is 1. The lowest BCUT2D eigenvalue weighted by Crippen LogP contribution is -2.33. The zero-order valence-corrected chi connectivity index (χ0v) is 9.51. The van der Waals surface area contributed by atoms with Crippen LogP contribution in [0.2, 0.25) is 0 Å². The number of hydrogen-bond acceptors (Lipinski definition) is 5. The zero-order valence-electron chi connectivity index (χ0n) is 9.51.